The van der Waals surface area contributed by atoms with Crippen molar-refractivity contribution in [3.05, 3.63) is 33.9 Å². The summed E-state index contributed by atoms with van der Waals surface area (Å²) in [6, 6.07) is 3.66. The van der Waals surface area contributed by atoms with Crippen molar-refractivity contribution in [2.24, 2.45) is 0 Å². The van der Waals surface area contributed by atoms with Gasteiger partial charge in [0.25, 0.3) is 11.6 Å². The molecule has 6 nitrogen and oxygen atoms in total. The summed E-state index contributed by atoms with van der Waals surface area (Å²) in [6.07, 6.45) is 2.83. The number of amides is 1. The fourth-order valence-corrected chi connectivity index (χ4v) is 2.82. The van der Waals surface area contributed by atoms with Crippen LogP contribution in [0, 0.1) is 10.1 Å². The molecule has 1 saturated heterocycles. The van der Waals surface area contributed by atoms with Gasteiger partial charge in [-0.1, -0.05) is 0 Å². The van der Waals surface area contributed by atoms with Gasteiger partial charge in [-0.05, 0) is 45.2 Å². The summed E-state index contributed by atoms with van der Waals surface area (Å²) in [5.74, 6) is -0.524. The molecule has 1 aromatic carbocycles. The Labute approximate surface area is 117 Å². The van der Waals surface area contributed by atoms with E-state index in [1.165, 1.54) is 18.2 Å². The van der Waals surface area contributed by atoms with E-state index in [-0.39, 0.29) is 35.0 Å². The Balaban J connectivity index is 2.42. The standard InChI is InChI=1S/C14H18N2O4/c1-9-4-3-5-10(2)15(9)14(18)12-8-11(17)6-7-13(12)16(19)20/h6-10,17H,3-5H2,1-2H3. The lowest BCUT2D eigenvalue weighted by molar-refractivity contribution is -0.385. The summed E-state index contributed by atoms with van der Waals surface area (Å²) in [5, 5.41) is 20.5. The number of nitrogens with zero attached hydrogens (tertiary/aromatic N) is 2. The van der Waals surface area contributed by atoms with Gasteiger partial charge in [-0.2, -0.15) is 0 Å². The van der Waals surface area contributed by atoms with Gasteiger partial charge in [0.2, 0.25) is 0 Å². The van der Waals surface area contributed by atoms with Crippen LogP contribution >= 0.6 is 0 Å². The van der Waals surface area contributed by atoms with Crippen molar-refractivity contribution in [2.45, 2.75) is 45.2 Å². The van der Waals surface area contributed by atoms with Gasteiger partial charge >= 0.3 is 0 Å². The number of hydrogen-bond donors (Lipinski definition) is 1. The number of benzene rings is 1. The van der Waals surface area contributed by atoms with Crippen molar-refractivity contribution in [1.29, 1.82) is 0 Å². The Bertz CT molecular complexity index is 534. The van der Waals surface area contributed by atoms with Crippen molar-refractivity contribution in [1.82, 2.24) is 4.90 Å². The molecule has 0 spiro atoms. The molecule has 2 atom stereocenters. The second-order valence-electron chi connectivity index (χ2n) is 5.30. The van der Waals surface area contributed by atoms with Gasteiger partial charge < -0.3 is 10.0 Å². The lowest BCUT2D eigenvalue weighted by atomic mass is 9.96. The Hall–Kier alpha value is -2.11. The Kier molecular flexibility index (Phi) is 3.92. The highest BCUT2D eigenvalue weighted by Crippen LogP contribution is 2.29. The van der Waals surface area contributed by atoms with Crippen molar-refractivity contribution in [2.75, 3.05) is 0 Å². The second-order valence-corrected chi connectivity index (χ2v) is 5.30. The van der Waals surface area contributed by atoms with E-state index in [1.807, 2.05) is 13.8 Å². The van der Waals surface area contributed by atoms with Crippen molar-refractivity contribution in [3.63, 3.8) is 0 Å². The van der Waals surface area contributed by atoms with Crippen LogP contribution in [0.4, 0.5) is 5.69 Å². The van der Waals surface area contributed by atoms with Crippen LogP contribution in [0.2, 0.25) is 0 Å². The third kappa shape index (κ3) is 2.59. The molecule has 1 fully saturated rings. The van der Waals surface area contributed by atoms with Crippen LogP contribution in [0.25, 0.3) is 0 Å². The molecule has 20 heavy (non-hydrogen) atoms. The maximum absolute atomic E-state index is 12.6. The first-order valence-electron chi connectivity index (χ1n) is 6.72. The molecule has 0 aromatic heterocycles. The second kappa shape index (κ2) is 5.48. The van der Waals surface area contributed by atoms with Gasteiger partial charge in [0.15, 0.2) is 0 Å². The number of hydrogen-bond acceptors (Lipinski definition) is 4. The molecular formula is C14H18N2O4. The summed E-state index contributed by atoms with van der Waals surface area (Å²) in [6.45, 7) is 3.89. The van der Waals surface area contributed by atoms with Crippen LogP contribution in [0.5, 0.6) is 5.75 Å². The summed E-state index contributed by atoms with van der Waals surface area (Å²) in [4.78, 5) is 24.7. The third-order valence-corrected chi connectivity index (χ3v) is 3.84. The van der Waals surface area contributed by atoms with Gasteiger partial charge in [-0.3, -0.25) is 14.9 Å². The van der Waals surface area contributed by atoms with E-state index >= 15 is 0 Å². The predicted molar refractivity (Wildman–Crippen MR) is 73.7 cm³/mol. The smallest absolute Gasteiger partial charge is 0.282 e. The van der Waals surface area contributed by atoms with Gasteiger partial charge in [-0.15, -0.1) is 0 Å². The molecule has 0 aliphatic carbocycles. The van der Waals surface area contributed by atoms with E-state index in [0.29, 0.717) is 0 Å². The van der Waals surface area contributed by atoms with Crippen molar-refractivity contribution >= 4 is 11.6 Å². The number of nitro groups is 1. The number of carbonyl (C=O) groups excluding carboxylic acids is 1. The van der Waals surface area contributed by atoms with Crippen LogP contribution < -0.4 is 0 Å². The number of phenolic OH excluding ortho intramolecular Hbond substituents is 1. The highest BCUT2D eigenvalue weighted by Gasteiger charge is 2.33. The topological polar surface area (TPSA) is 83.7 Å². The van der Waals surface area contributed by atoms with Gasteiger partial charge in [-0.25, -0.2) is 0 Å². The SMILES string of the molecule is CC1CCCC(C)N1C(=O)c1cc(O)ccc1[N+](=O)[O-]. The molecule has 1 aromatic rings. The average molecular weight is 278 g/mol. The molecule has 108 valence electrons. The maximum atomic E-state index is 12.6. The highest BCUT2D eigenvalue weighted by molar-refractivity contribution is 5.99. The Morgan fingerprint density at radius 1 is 1.35 bits per heavy atom. The molecule has 1 heterocycles. The van der Waals surface area contributed by atoms with Crippen LogP contribution in [0.3, 0.4) is 0 Å². The zero-order valence-electron chi connectivity index (χ0n) is 11.6. The number of carbonyl (C=O) groups is 1. The Morgan fingerprint density at radius 3 is 2.50 bits per heavy atom. The minimum atomic E-state index is -0.591. The van der Waals surface area contributed by atoms with E-state index in [2.05, 4.69) is 0 Å². The van der Waals surface area contributed by atoms with Crippen LogP contribution in [0.1, 0.15) is 43.5 Å². The third-order valence-electron chi connectivity index (χ3n) is 3.84. The van der Waals surface area contributed by atoms with Gasteiger partial charge in [0.05, 0.1) is 4.92 Å². The number of piperidine rings is 1. The minimum Gasteiger partial charge on any atom is -0.508 e. The van der Waals surface area contributed by atoms with E-state index in [4.69, 9.17) is 0 Å². The summed E-state index contributed by atoms with van der Waals surface area (Å²) in [5.41, 5.74) is -0.312. The monoisotopic (exact) mass is 278 g/mol. The number of rotatable bonds is 2. The van der Waals surface area contributed by atoms with Gasteiger partial charge in [0, 0.05) is 18.2 Å². The Morgan fingerprint density at radius 2 is 1.95 bits per heavy atom. The average Bonchev–Trinajstić information content (AvgIpc) is 2.37. The number of aromatic hydroxyl groups is 1. The number of likely N-dealkylation sites (tertiary alicyclic amines) is 1. The predicted octanol–water partition coefficient (Wildman–Crippen LogP) is 2.70. The highest BCUT2D eigenvalue weighted by atomic mass is 16.6. The quantitative estimate of drug-likeness (QED) is 0.666. The van der Waals surface area contributed by atoms with E-state index in [9.17, 15) is 20.0 Å². The molecule has 2 unspecified atom stereocenters. The molecule has 1 N–H and O–H groups in total. The van der Waals surface area contributed by atoms with Crippen LogP contribution in [-0.2, 0) is 0 Å². The van der Waals surface area contributed by atoms with E-state index in [1.54, 1.807) is 4.90 Å². The number of nitro benzene ring substituents is 1. The normalized spacial score (nSPS) is 22.6. The molecule has 0 saturated carbocycles. The minimum absolute atomic E-state index is 0.0457. The summed E-state index contributed by atoms with van der Waals surface area (Å²) in [7, 11) is 0. The van der Waals surface area contributed by atoms with Crippen molar-refractivity contribution < 1.29 is 14.8 Å². The number of phenols is 1. The van der Waals surface area contributed by atoms with Crippen LogP contribution in [-0.4, -0.2) is 32.9 Å². The molecule has 0 bridgehead atoms. The fraction of sp³-hybridized carbons (Fsp3) is 0.500. The fourth-order valence-electron chi connectivity index (χ4n) is 2.82. The molecule has 6 heteroatoms. The first-order valence-corrected chi connectivity index (χ1v) is 6.72. The summed E-state index contributed by atoms with van der Waals surface area (Å²) < 4.78 is 0. The zero-order valence-corrected chi connectivity index (χ0v) is 11.6. The largest absolute Gasteiger partial charge is 0.508 e. The van der Waals surface area contributed by atoms with Gasteiger partial charge in [0.1, 0.15) is 11.3 Å². The first kappa shape index (κ1) is 14.3. The molecule has 0 radical (unpaired) electrons. The molecular weight excluding hydrogens is 260 g/mol. The lowest BCUT2D eigenvalue weighted by Gasteiger charge is -2.39. The van der Waals surface area contributed by atoms with Crippen molar-refractivity contribution in [3.8, 4) is 5.75 Å². The van der Waals surface area contributed by atoms with E-state index in [0.717, 1.165) is 19.3 Å². The zero-order chi connectivity index (χ0) is 14.9. The lowest BCUT2D eigenvalue weighted by Crippen LogP contribution is -2.47. The maximum Gasteiger partial charge on any atom is 0.282 e. The summed E-state index contributed by atoms with van der Waals surface area (Å²) >= 11 is 0. The van der Waals surface area contributed by atoms with E-state index < -0.39 is 4.92 Å². The molecule has 2 rings (SSSR count). The van der Waals surface area contributed by atoms with Crippen LogP contribution in [0.15, 0.2) is 18.2 Å². The molecule has 1 aliphatic rings. The first-order chi connectivity index (χ1) is 9.41. The molecule has 1 amide bonds. The molecule has 1 aliphatic heterocycles.